The van der Waals surface area contributed by atoms with Crippen LogP contribution in [0.3, 0.4) is 0 Å². The number of hydrogen-bond acceptors (Lipinski definition) is 5. The molecule has 8 heteroatoms. The lowest BCUT2D eigenvalue weighted by molar-refractivity contribution is -0.137. The number of nitrogens with one attached hydrogen (secondary N) is 1. The molecule has 180 valence electrons. The van der Waals surface area contributed by atoms with Crippen LogP contribution < -0.4 is 10.2 Å². The van der Waals surface area contributed by atoms with Gasteiger partial charge in [0.25, 0.3) is 0 Å². The molecule has 1 aromatic rings. The summed E-state index contributed by atoms with van der Waals surface area (Å²) in [6.45, 7) is 6.06. The van der Waals surface area contributed by atoms with Crippen molar-refractivity contribution in [2.24, 2.45) is 11.8 Å². The third-order valence-corrected chi connectivity index (χ3v) is 7.43. The van der Waals surface area contributed by atoms with E-state index >= 15 is 0 Å². The van der Waals surface area contributed by atoms with Crippen molar-refractivity contribution in [3.63, 3.8) is 0 Å². The number of amides is 3. The quantitative estimate of drug-likeness (QED) is 0.754. The van der Waals surface area contributed by atoms with Crippen LogP contribution in [0.4, 0.5) is 5.82 Å². The van der Waals surface area contributed by atoms with Gasteiger partial charge >= 0.3 is 0 Å². The van der Waals surface area contributed by atoms with Gasteiger partial charge in [0, 0.05) is 63.8 Å². The van der Waals surface area contributed by atoms with Crippen LogP contribution in [0.5, 0.6) is 0 Å². The number of pyridine rings is 1. The standard InChI is InChI=1S/C25H37N5O3/c1-2-23(31)30-12-8-4-3-6-11-27-24(32)20-17-19(18-21(20)30)25(33)29-15-13-28(14-16-29)22-9-5-7-10-26-22/h5,7,9-10,19-21H,2-4,6,8,11-18H2,1H3,(H,27,32)/t19-,20-,21+/m1/s1. The minimum Gasteiger partial charge on any atom is -0.356 e. The van der Waals surface area contributed by atoms with E-state index in [-0.39, 0.29) is 35.6 Å². The Morgan fingerprint density at radius 1 is 1.03 bits per heavy atom. The molecule has 0 aromatic carbocycles. The van der Waals surface area contributed by atoms with Gasteiger partial charge < -0.3 is 20.0 Å². The molecular weight excluding hydrogens is 418 g/mol. The van der Waals surface area contributed by atoms with E-state index in [1.54, 1.807) is 6.20 Å². The van der Waals surface area contributed by atoms with Crippen LogP contribution in [0, 0.1) is 11.8 Å². The summed E-state index contributed by atoms with van der Waals surface area (Å²) in [5, 5.41) is 3.08. The topological polar surface area (TPSA) is 85.8 Å². The van der Waals surface area contributed by atoms with Crippen molar-refractivity contribution in [3.8, 4) is 0 Å². The normalized spacial score (nSPS) is 26.9. The summed E-state index contributed by atoms with van der Waals surface area (Å²) in [4.78, 5) is 49.8. The number of rotatable bonds is 3. The zero-order valence-electron chi connectivity index (χ0n) is 19.7. The van der Waals surface area contributed by atoms with Gasteiger partial charge in [-0.1, -0.05) is 25.8 Å². The molecular formula is C25H37N5O3. The van der Waals surface area contributed by atoms with Crippen molar-refractivity contribution in [3.05, 3.63) is 24.4 Å². The first-order valence-corrected chi connectivity index (χ1v) is 12.6. The maximum atomic E-state index is 13.5. The molecule has 3 fully saturated rings. The molecule has 0 unspecified atom stereocenters. The summed E-state index contributed by atoms with van der Waals surface area (Å²) in [6.07, 6.45) is 7.38. The number of aromatic nitrogens is 1. The zero-order chi connectivity index (χ0) is 23.2. The van der Waals surface area contributed by atoms with Gasteiger partial charge in [-0.05, 0) is 37.8 Å². The third-order valence-electron chi connectivity index (χ3n) is 7.43. The average Bonchev–Trinajstić information content (AvgIpc) is 3.29. The number of anilines is 1. The summed E-state index contributed by atoms with van der Waals surface area (Å²) in [6, 6.07) is 5.70. The Morgan fingerprint density at radius 2 is 1.82 bits per heavy atom. The van der Waals surface area contributed by atoms with E-state index in [9.17, 15) is 14.4 Å². The van der Waals surface area contributed by atoms with Gasteiger partial charge in [-0.15, -0.1) is 0 Å². The number of piperazine rings is 1. The minimum atomic E-state index is -0.303. The number of hydrogen-bond donors (Lipinski definition) is 1. The molecule has 1 aliphatic carbocycles. The number of carbonyl (C=O) groups excluding carboxylic acids is 3. The van der Waals surface area contributed by atoms with E-state index < -0.39 is 0 Å². The van der Waals surface area contributed by atoms with Crippen LogP contribution in [0.1, 0.15) is 51.9 Å². The predicted octanol–water partition coefficient (Wildman–Crippen LogP) is 2.05. The van der Waals surface area contributed by atoms with E-state index in [1.807, 2.05) is 34.9 Å². The SMILES string of the molecule is CCC(=O)N1CCCCCCNC(=O)[C@@H]2C[C@@H](C(=O)N3CCN(c4ccccn4)CC3)C[C@@H]21. The molecule has 8 nitrogen and oxygen atoms in total. The molecule has 2 saturated heterocycles. The van der Waals surface area contributed by atoms with Crippen LogP contribution in [0.15, 0.2) is 24.4 Å². The fourth-order valence-electron chi connectivity index (χ4n) is 5.58. The molecule has 4 rings (SSSR count). The summed E-state index contributed by atoms with van der Waals surface area (Å²) >= 11 is 0. The van der Waals surface area contributed by atoms with E-state index in [4.69, 9.17) is 0 Å². The van der Waals surface area contributed by atoms with Crippen molar-refractivity contribution >= 4 is 23.5 Å². The Hall–Kier alpha value is -2.64. The molecule has 1 saturated carbocycles. The van der Waals surface area contributed by atoms with E-state index in [0.717, 1.165) is 44.6 Å². The smallest absolute Gasteiger partial charge is 0.225 e. The molecule has 1 N–H and O–H groups in total. The summed E-state index contributed by atoms with van der Waals surface area (Å²) in [7, 11) is 0. The number of nitrogens with zero attached hydrogens (tertiary/aromatic N) is 4. The van der Waals surface area contributed by atoms with Crippen LogP contribution >= 0.6 is 0 Å². The third kappa shape index (κ3) is 5.47. The lowest BCUT2D eigenvalue weighted by atomic mass is 9.99. The van der Waals surface area contributed by atoms with Gasteiger partial charge in [-0.2, -0.15) is 0 Å². The molecule has 3 heterocycles. The van der Waals surface area contributed by atoms with Gasteiger partial charge in [0.1, 0.15) is 5.82 Å². The summed E-state index contributed by atoms with van der Waals surface area (Å²) in [5.74, 6) is 0.661. The van der Waals surface area contributed by atoms with E-state index in [2.05, 4.69) is 15.2 Å². The number of fused-ring (bicyclic) bond motifs is 1. The maximum Gasteiger partial charge on any atom is 0.225 e. The Morgan fingerprint density at radius 3 is 2.55 bits per heavy atom. The van der Waals surface area contributed by atoms with Crippen LogP contribution in [-0.4, -0.2) is 77.8 Å². The van der Waals surface area contributed by atoms with Gasteiger partial charge in [0.15, 0.2) is 0 Å². The highest BCUT2D eigenvalue weighted by Crippen LogP contribution is 2.37. The fourth-order valence-corrected chi connectivity index (χ4v) is 5.58. The second kappa shape index (κ2) is 11.0. The van der Waals surface area contributed by atoms with Crippen molar-refractivity contribution in [1.29, 1.82) is 0 Å². The van der Waals surface area contributed by atoms with Crippen molar-refractivity contribution in [1.82, 2.24) is 20.1 Å². The van der Waals surface area contributed by atoms with Crippen molar-refractivity contribution in [2.45, 2.75) is 57.9 Å². The zero-order valence-corrected chi connectivity index (χ0v) is 19.7. The molecule has 2 aliphatic heterocycles. The largest absolute Gasteiger partial charge is 0.356 e. The summed E-state index contributed by atoms with van der Waals surface area (Å²) in [5.41, 5.74) is 0. The fraction of sp³-hybridized carbons (Fsp3) is 0.680. The molecule has 3 amide bonds. The lowest BCUT2D eigenvalue weighted by Gasteiger charge is -2.36. The summed E-state index contributed by atoms with van der Waals surface area (Å²) < 4.78 is 0. The molecule has 3 aliphatic rings. The Labute approximate surface area is 196 Å². The molecule has 1 aromatic heterocycles. The monoisotopic (exact) mass is 455 g/mol. The van der Waals surface area contributed by atoms with E-state index in [1.165, 1.54) is 0 Å². The molecule has 0 spiro atoms. The Kier molecular flexibility index (Phi) is 7.83. The second-order valence-electron chi connectivity index (χ2n) is 9.49. The first-order valence-electron chi connectivity index (χ1n) is 12.6. The van der Waals surface area contributed by atoms with Crippen molar-refractivity contribution < 1.29 is 14.4 Å². The first-order chi connectivity index (χ1) is 16.1. The average molecular weight is 456 g/mol. The minimum absolute atomic E-state index is 0.00562. The van der Waals surface area contributed by atoms with E-state index in [0.29, 0.717) is 45.4 Å². The van der Waals surface area contributed by atoms with Crippen LogP contribution in [0.2, 0.25) is 0 Å². The molecule has 0 radical (unpaired) electrons. The number of carbonyl (C=O) groups is 3. The van der Waals surface area contributed by atoms with Crippen molar-refractivity contribution in [2.75, 3.05) is 44.2 Å². The Bertz CT molecular complexity index is 825. The molecule has 3 atom stereocenters. The maximum absolute atomic E-state index is 13.5. The highest BCUT2D eigenvalue weighted by Gasteiger charge is 2.46. The highest BCUT2D eigenvalue weighted by molar-refractivity contribution is 5.85. The molecule has 33 heavy (non-hydrogen) atoms. The first kappa shape index (κ1) is 23.5. The highest BCUT2D eigenvalue weighted by atomic mass is 16.2. The van der Waals surface area contributed by atoms with Gasteiger partial charge in [0.2, 0.25) is 17.7 Å². The lowest BCUT2D eigenvalue weighted by Crippen LogP contribution is -2.50. The molecule has 0 bridgehead atoms. The van der Waals surface area contributed by atoms with Gasteiger partial charge in [0.05, 0.1) is 5.92 Å². The predicted molar refractivity (Wildman–Crippen MR) is 127 cm³/mol. The van der Waals surface area contributed by atoms with Gasteiger partial charge in [-0.25, -0.2) is 4.98 Å². The van der Waals surface area contributed by atoms with Crippen LogP contribution in [-0.2, 0) is 14.4 Å². The van der Waals surface area contributed by atoms with Crippen LogP contribution in [0.25, 0.3) is 0 Å². The Balaban J connectivity index is 1.44. The second-order valence-corrected chi connectivity index (χ2v) is 9.49. The van der Waals surface area contributed by atoms with Gasteiger partial charge in [-0.3, -0.25) is 14.4 Å².